The van der Waals surface area contributed by atoms with Crippen LogP contribution in [-0.4, -0.2) is 13.2 Å². The Hall–Kier alpha value is -0.0400. The molecule has 1 heterocycles. The predicted molar refractivity (Wildman–Crippen MR) is 27.0 cm³/mol. The minimum atomic E-state index is 0.639. The van der Waals surface area contributed by atoms with E-state index in [1.165, 1.54) is 6.42 Å². The van der Waals surface area contributed by atoms with Gasteiger partial charge in [-0.05, 0) is 17.8 Å². The molecule has 0 radical (unpaired) electrons. The largest absolute Gasteiger partial charge is 0.381 e. The summed E-state index contributed by atoms with van der Waals surface area (Å²) in [5.74, 6) is 0.937. The smallest absolute Gasteiger partial charge is 0.0523 e. The Balaban J connectivity index is 2.17. The van der Waals surface area contributed by atoms with Gasteiger partial charge in [0.25, 0.3) is 0 Å². The quantitative estimate of drug-likeness (QED) is 0.440. The number of rotatable bonds is 0. The maximum atomic E-state index is 5.21. The summed E-state index contributed by atoms with van der Waals surface area (Å²) in [6, 6.07) is 0. The van der Waals surface area contributed by atoms with Gasteiger partial charge in [0.05, 0.1) is 13.2 Å². The third-order valence-corrected chi connectivity index (χ3v) is 2.29. The van der Waals surface area contributed by atoms with Crippen LogP contribution in [0.15, 0.2) is 0 Å². The molecular formula is C6H10O. The fourth-order valence-electron chi connectivity index (χ4n) is 1.38. The SMILES string of the molecule is C[C@@]12COC[C@@H]1C2. The van der Waals surface area contributed by atoms with E-state index in [4.69, 9.17) is 4.74 Å². The molecule has 1 aliphatic heterocycles. The topological polar surface area (TPSA) is 9.23 Å². The molecule has 0 amide bonds. The molecule has 1 heteroatoms. The van der Waals surface area contributed by atoms with Crippen molar-refractivity contribution in [3.05, 3.63) is 0 Å². The van der Waals surface area contributed by atoms with Gasteiger partial charge < -0.3 is 4.74 Å². The second kappa shape index (κ2) is 0.873. The van der Waals surface area contributed by atoms with Crippen LogP contribution in [-0.2, 0) is 4.74 Å². The van der Waals surface area contributed by atoms with E-state index in [9.17, 15) is 0 Å². The first-order valence-corrected chi connectivity index (χ1v) is 2.89. The molecule has 1 saturated carbocycles. The van der Waals surface area contributed by atoms with E-state index in [-0.39, 0.29) is 0 Å². The van der Waals surface area contributed by atoms with E-state index in [1.807, 2.05) is 0 Å². The minimum absolute atomic E-state index is 0.639. The molecule has 0 unspecified atom stereocenters. The standard InChI is InChI=1S/C6H10O/c1-6-2-5(6)3-7-4-6/h5H,2-4H2,1H3/t5-,6+/m0/s1. The lowest BCUT2D eigenvalue weighted by Crippen LogP contribution is -1.96. The molecule has 0 aromatic carbocycles. The monoisotopic (exact) mass is 98.1 g/mol. The zero-order valence-electron chi connectivity index (χ0n) is 4.61. The van der Waals surface area contributed by atoms with Crippen molar-refractivity contribution in [2.75, 3.05) is 13.2 Å². The van der Waals surface area contributed by atoms with Crippen LogP contribution < -0.4 is 0 Å². The third kappa shape index (κ3) is 0.367. The van der Waals surface area contributed by atoms with Gasteiger partial charge in [0.15, 0.2) is 0 Å². The average Bonchev–Trinajstić information content (AvgIpc) is 2.09. The lowest BCUT2D eigenvalue weighted by molar-refractivity contribution is 0.151. The Morgan fingerprint density at radius 2 is 2.57 bits per heavy atom. The van der Waals surface area contributed by atoms with Crippen molar-refractivity contribution in [2.24, 2.45) is 11.3 Å². The molecule has 1 aliphatic carbocycles. The molecule has 2 fully saturated rings. The van der Waals surface area contributed by atoms with Gasteiger partial charge in [-0.15, -0.1) is 0 Å². The van der Waals surface area contributed by atoms with Gasteiger partial charge in [-0.1, -0.05) is 6.92 Å². The summed E-state index contributed by atoms with van der Waals surface area (Å²) < 4.78 is 5.21. The van der Waals surface area contributed by atoms with Crippen molar-refractivity contribution in [3.8, 4) is 0 Å². The number of hydrogen-bond donors (Lipinski definition) is 0. The highest BCUT2D eigenvalue weighted by molar-refractivity contribution is 5.02. The van der Waals surface area contributed by atoms with Crippen LogP contribution in [0.3, 0.4) is 0 Å². The summed E-state index contributed by atoms with van der Waals surface area (Å²) in [6.07, 6.45) is 1.42. The van der Waals surface area contributed by atoms with Crippen LogP contribution in [0.5, 0.6) is 0 Å². The van der Waals surface area contributed by atoms with Gasteiger partial charge in [0.2, 0.25) is 0 Å². The highest BCUT2D eigenvalue weighted by atomic mass is 16.5. The molecule has 40 valence electrons. The van der Waals surface area contributed by atoms with Crippen LogP contribution in [0.4, 0.5) is 0 Å². The van der Waals surface area contributed by atoms with Crippen molar-refractivity contribution < 1.29 is 4.74 Å². The van der Waals surface area contributed by atoms with Crippen LogP contribution in [0.1, 0.15) is 13.3 Å². The Morgan fingerprint density at radius 3 is 2.71 bits per heavy atom. The Kier molecular flexibility index (Phi) is 0.487. The molecule has 1 saturated heterocycles. The van der Waals surface area contributed by atoms with Gasteiger partial charge >= 0.3 is 0 Å². The summed E-state index contributed by atoms with van der Waals surface area (Å²) in [5, 5.41) is 0. The van der Waals surface area contributed by atoms with Crippen LogP contribution >= 0.6 is 0 Å². The first-order chi connectivity index (χ1) is 3.31. The van der Waals surface area contributed by atoms with Gasteiger partial charge in [0, 0.05) is 0 Å². The van der Waals surface area contributed by atoms with Gasteiger partial charge in [-0.3, -0.25) is 0 Å². The third-order valence-electron chi connectivity index (χ3n) is 2.29. The van der Waals surface area contributed by atoms with Gasteiger partial charge in [-0.2, -0.15) is 0 Å². The van der Waals surface area contributed by atoms with E-state index in [0.717, 1.165) is 19.1 Å². The molecule has 0 aromatic rings. The van der Waals surface area contributed by atoms with E-state index in [0.29, 0.717) is 5.41 Å². The maximum absolute atomic E-state index is 5.21. The molecule has 0 aromatic heterocycles. The number of ether oxygens (including phenoxy) is 1. The Labute approximate surface area is 43.7 Å². The van der Waals surface area contributed by atoms with Crippen LogP contribution in [0.25, 0.3) is 0 Å². The normalized spacial score (nSPS) is 57.0. The van der Waals surface area contributed by atoms with E-state index < -0.39 is 0 Å². The lowest BCUT2D eigenvalue weighted by atomic mass is 10.1. The summed E-state index contributed by atoms with van der Waals surface area (Å²) in [5.41, 5.74) is 0.639. The first-order valence-electron chi connectivity index (χ1n) is 2.89. The van der Waals surface area contributed by atoms with Gasteiger partial charge in [-0.25, -0.2) is 0 Å². The zero-order chi connectivity index (χ0) is 4.91. The fourth-order valence-corrected chi connectivity index (χ4v) is 1.38. The van der Waals surface area contributed by atoms with Crippen molar-refractivity contribution in [2.45, 2.75) is 13.3 Å². The average molecular weight is 98.1 g/mol. The summed E-state index contributed by atoms with van der Waals surface area (Å²) in [6.45, 7) is 4.37. The molecule has 0 bridgehead atoms. The minimum Gasteiger partial charge on any atom is -0.381 e. The molecule has 2 aliphatic rings. The second-order valence-electron chi connectivity index (χ2n) is 3.07. The maximum Gasteiger partial charge on any atom is 0.0523 e. The van der Waals surface area contributed by atoms with Crippen LogP contribution in [0.2, 0.25) is 0 Å². The first kappa shape index (κ1) is 3.90. The summed E-state index contributed by atoms with van der Waals surface area (Å²) in [4.78, 5) is 0. The molecular weight excluding hydrogens is 88.1 g/mol. The van der Waals surface area contributed by atoms with E-state index >= 15 is 0 Å². The van der Waals surface area contributed by atoms with E-state index in [1.54, 1.807) is 0 Å². The summed E-state index contributed by atoms with van der Waals surface area (Å²) in [7, 11) is 0. The highest BCUT2D eigenvalue weighted by Gasteiger charge is 2.54. The van der Waals surface area contributed by atoms with Crippen molar-refractivity contribution in [1.29, 1.82) is 0 Å². The molecule has 2 rings (SSSR count). The van der Waals surface area contributed by atoms with E-state index in [2.05, 4.69) is 6.92 Å². The number of fused-ring (bicyclic) bond motifs is 1. The Bertz CT molecular complexity index is 98.4. The Morgan fingerprint density at radius 1 is 1.71 bits per heavy atom. The lowest BCUT2D eigenvalue weighted by Gasteiger charge is -1.96. The van der Waals surface area contributed by atoms with Crippen molar-refractivity contribution in [1.82, 2.24) is 0 Å². The van der Waals surface area contributed by atoms with Crippen LogP contribution in [0, 0.1) is 11.3 Å². The predicted octanol–water partition coefficient (Wildman–Crippen LogP) is 1.04. The molecule has 2 atom stereocenters. The molecule has 1 nitrogen and oxygen atoms in total. The fraction of sp³-hybridized carbons (Fsp3) is 1.00. The summed E-state index contributed by atoms with van der Waals surface area (Å²) >= 11 is 0. The molecule has 0 spiro atoms. The molecule has 7 heavy (non-hydrogen) atoms. The van der Waals surface area contributed by atoms with Gasteiger partial charge in [0.1, 0.15) is 0 Å². The highest BCUT2D eigenvalue weighted by Crippen LogP contribution is 2.56. The second-order valence-corrected chi connectivity index (χ2v) is 3.07. The van der Waals surface area contributed by atoms with Crippen molar-refractivity contribution in [3.63, 3.8) is 0 Å². The number of hydrogen-bond acceptors (Lipinski definition) is 1. The van der Waals surface area contributed by atoms with Crippen molar-refractivity contribution >= 4 is 0 Å². The zero-order valence-corrected chi connectivity index (χ0v) is 4.61. The molecule has 0 N–H and O–H groups in total.